The Hall–Kier alpha value is -1.89. The maximum Gasteiger partial charge on any atom is 0.416 e. The lowest BCUT2D eigenvalue weighted by atomic mass is 10.1. The molecule has 1 amide bonds. The molecule has 1 heterocycles. The van der Waals surface area contributed by atoms with Crippen LogP contribution in [-0.4, -0.2) is 36.5 Å². The number of amides is 1. The van der Waals surface area contributed by atoms with Crippen molar-refractivity contribution < 1.29 is 18.0 Å². The van der Waals surface area contributed by atoms with Gasteiger partial charge in [-0.25, -0.2) is 9.98 Å². The average Bonchev–Trinajstić information content (AvgIpc) is 3.18. The minimum absolute atomic E-state index is 0. The highest BCUT2D eigenvalue weighted by Gasteiger charge is 2.30. The van der Waals surface area contributed by atoms with Crippen molar-refractivity contribution in [1.29, 1.82) is 0 Å². The third kappa shape index (κ3) is 9.01. The van der Waals surface area contributed by atoms with Crippen LogP contribution in [0.4, 0.5) is 13.2 Å². The van der Waals surface area contributed by atoms with Gasteiger partial charge in [-0.3, -0.25) is 4.79 Å². The van der Waals surface area contributed by atoms with Gasteiger partial charge in [0.1, 0.15) is 5.01 Å². The third-order valence-electron chi connectivity index (χ3n) is 4.06. The quantitative estimate of drug-likeness (QED) is 0.191. The molecule has 0 radical (unpaired) electrons. The Balaban J connectivity index is 0.00000480. The SMILES string of the molecule is CCNC(=NCc1nc(C(C)C)cs1)NCCNC(=O)c1ccc(C(F)(F)F)cc1.I. The van der Waals surface area contributed by atoms with Gasteiger partial charge in [-0.1, -0.05) is 13.8 Å². The molecule has 6 nitrogen and oxygen atoms in total. The Morgan fingerprint density at radius 2 is 1.77 bits per heavy atom. The number of hydrogen-bond donors (Lipinski definition) is 3. The van der Waals surface area contributed by atoms with Crippen molar-refractivity contribution in [2.75, 3.05) is 19.6 Å². The Morgan fingerprint density at radius 1 is 1.13 bits per heavy atom. The average molecular weight is 569 g/mol. The Morgan fingerprint density at radius 3 is 2.32 bits per heavy atom. The minimum atomic E-state index is -4.42. The molecule has 2 aromatic rings. The molecule has 0 saturated heterocycles. The highest BCUT2D eigenvalue weighted by molar-refractivity contribution is 14.0. The fourth-order valence-electron chi connectivity index (χ4n) is 2.42. The lowest BCUT2D eigenvalue weighted by Crippen LogP contribution is -2.41. The number of nitrogens with zero attached hydrogens (tertiary/aromatic N) is 2. The van der Waals surface area contributed by atoms with Gasteiger partial charge in [0.15, 0.2) is 5.96 Å². The summed E-state index contributed by atoms with van der Waals surface area (Å²) >= 11 is 1.57. The summed E-state index contributed by atoms with van der Waals surface area (Å²) in [6, 6.07) is 4.12. The van der Waals surface area contributed by atoms with Crippen LogP contribution in [0.25, 0.3) is 0 Å². The number of halogens is 4. The maximum absolute atomic E-state index is 12.6. The Bertz CT molecular complexity index is 853. The van der Waals surface area contributed by atoms with Crippen LogP contribution in [0.5, 0.6) is 0 Å². The number of hydrogen-bond acceptors (Lipinski definition) is 4. The van der Waals surface area contributed by atoms with Gasteiger partial charge in [-0.05, 0) is 37.1 Å². The van der Waals surface area contributed by atoms with Crippen molar-refractivity contribution in [2.45, 2.75) is 39.4 Å². The van der Waals surface area contributed by atoms with E-state index < -0.39 is 17.6 Å². The molecule has 0 atom stereocenters. The van der Waals surface area contributed by atoms with Crippen LogP contribution < -0.4 is 16.0 Å². The van der Waals surface area contributed by atoms with E-state index in [0.717, 1.165) is 35.0 Å². The molecule has 0 unspecified atom stereocenters. The highest BCUT2D eigenvalue weighted by Crippen LogP contribution is 2.29. The standard InChI is InChI=1S/C20H26F3N5OS.HI/c1-4-24-19(27-11-17-28-16(12-30-17)13(2)3)26-10-9-25-18(29)14-5-7-15(8-6-14)20(21,22)23;/h5-8,12-13H,4,9-11H2,1-3H3,(H,25,29)(H2,24,26,27);1H. The van der Waals surface area contributed by atoms with Crippen LogP contribution in [0.2, 0.25) is 0 Å². The highest BCUT2D eigenvalue weighted by atomic mass is 127. The second kappa shape index (κ2) is 12.8. The van der Waals surface area contributed by atoms with E-state index in [-0.39, 0.29) is 29.5 Å². The molecule has 31 heavy (non-hydrogen) atoms. The predicted octanol–water partition coefficient (Wildman–Crippen LogP) is 4.39. The minimum Gasteiger partial charge on any atom is -0.357 e. The van der Waals surface area contributed by atoms with Gasteiger partial charge in [0.25, 0.3) is 5.91 Å². The second-order valence-electron chi connectivity index (χ2n) is 6.77. The number of carbonyl (C=O) groups excluding carboxylic acids is 1. The first kappa shape index (κ1) is 27.1. The molecule has 0 aliphatic carbocycles. The summed E-state index contributed by atoms with van der Waals surface area (Å²) in [5.41, 5.74) is 0.440. The van der Waals surface area contributed by atoms with Crippen LogP contribution in [0.15, 0.2) is 34.6 Å². The molecule has 0 bridgehead atoms. The molecule has 0 aliphatic heterocycles. The fraction of sp³-hybridized carbons (Fsp3) is 0.450. The largest absolute Gasteiger partial charge is 0.416 e. The number of thiazole rings is 1. The molecular weight excluding hydrogens is 542 g/mol. The zero-order valence-electron chi connectivity index (χ0n) is 17.5. The molecule has 172 valence electrons. The van der Waals surface area contributed by atoms with Gasteiger partial charge >= 0.3 is 6.18 Å². The number of rotatable bonds is 8. The van der Waals surface area contributed by atoms with Crippen molar-refractivity contribution in [3.8, 4) is 0 Å². The molecule has 11 heteroatoms. The summed E-state index contributed by atoms with van der Waals surface area (Å²) < 4.78 is 37.8. The Labute approximate surface area is 201 Å². The zero-order valence-corrected chi connectivity index (χ0v) is 20.7. The van der Waals surface area contributed by atoms with Crippen molar-refractivity contribution >= 4 is 47.2 Å². The number of nitrogens with one attached hydrogen (secondary N) is 3. The van der Waals surface area contributed by atoms with Crippen LogP contribution in [0, 0.1) is 0 Å². The molecule has 3 N–H and O–H groups in total. The van der Waals surface area contributed by atoms with Gasteiger partial charge in [0.2, 0.25) is 0 Å². The third-order valence-corrected chi connectivity index (χ3v) is 4.91. The number of carbonyl (C=O) groups is 1. The summed E-state index contributed by atoms with van der Waals surface area (Å²) in [6.45, 7) is 7.96. The molecule has 0 fully saturated rings. The number of benzene rings is 1. The monoisotopic (exact) mass is 569 g/mol. The lowest BCUT2D eigenvalue weighted by Gasteiger charge is -2.12. The first-order chi connectivity index (χ1) is 14.2. The van der Waals surface area contributed by atoms with Crippen molar-refractivity contribution in [1.82, 2.24) is 20.9 Å². The first-order valence-corrected chi connectivity index (χ1v) is 10.5. The van der Waals surface area contributed by atoms with Gasteiger partial charge in [0.05, 0.1) is 17.8 Å². The van der Waals surface area contributed by atoms with E-state index in [1.165, 1.54) is 0 Å². The summed E-state index contributed by atoms with van der Waals surface area (Å²) in [6.07, 6.45) is -4.42. The molecule has 0 spiro atoms. The van der Waals surface area contributed by atoms with E-state index >= 15 is 0 Å². The van der Waals surface area contributed by atoms with Crippen LogP contribution in [0.3, 0.4) is 0 Å². The van der Waals surface area contributed by atoms with Gasteiger partial charge in [0, 0.05) is 30.6 Å². The van der Waals surface area contributed by atoms with Crippen molar-refractivity contribution in [3.63, 3.8) is 0 Å². The number of aliphatic imine (C=N–C) groups is 1. The smallest absolute Gasteiger partial charge is 0.357 e. The second-order valence-corrected chi connectivity index (χ2v) is 7.72. The summed E-state index contributed by atoms with van der Waals surface area (Å²) in [5.74, 6) is 0.539. The van der Waals surface area contributed by atoms with Crippen LogP contribution in [-0.2, 0) is 12.7 Å². The van der Waals surface area contributed by atoms with E-state index in [9.17, 15) is 18.0 Å². The van der Waals surface area contributed by atoms with E-state index in [2.05, 4.69) is 39.8 Å². The lowest BCUT2D eigenvalue weighted by molar-refractivity contribution is -0.137. The topological polar surface area (TPSA) is 78.4 Å². The number of alkyl halides is 3. The predicted molar refractivity (Wildman–Crippen MR) is 128 cm³/mol. The van der Waals surface area contributed by atoms with Gasteiger partial charge in [-0.2, -0.15) is 13.2 Å². The van der Waals surface area contributed by atoms with Crippen LogP contribution >= 0.6 is 35.3 Å². The molecule has 0 aliphatic rings. The number of guanidine groups is 1. The molecule has 1 aromatic carbocycles. The van der Waals surface area contributed by atoms with Crippen molar-refractivity contribution in [3.05, 3.63) is 51.5 Å². The van der Waals surface area contributed by atoms with E-state index in [4.69, 9.17) is 0 Å². The molecule has 1 aromatic heterocycles. The Kier molecular flexibility index (Phi) is 11.2. The van der Waals surface area contributed by atoms with Gasteiger partial charge in [-0.15, -0.1) is 35.3 Å². The fourth-order valence-corrected chi connectivity index (χ4v) is 3.30. The van der Waals surface area contributed by atoms with E-state index in [0.29, 0.717) is 38.1 Å². The van der Waals surface area contributed by atoms with E-state index in [1.54, 1.807) is 11.3 Å². The number of aromatic nitrogens is 1. The van der Waals surface area contributed by atoms with E-state index in [1.807, 2.05) is 12.3 Å². The van der Waals surface area contributed by atoms with Crippen LogP contribution in [0.1, 0.15) is 53.3 Å². The maximum atomic E-state index is 12.6. The van der Waals surface area contributed by atoms with Crippen molar-refractivity contribution in [2.24, 2.45) is 4.99 Å². The molecule has 2 rings (SSSR count). The summed E-state index contributed by atoms with van der Waals surface area (Å²) in [7, 11) is 0. The normalized spacial score (nSPS) is 11.8. The summed E-state index contributed by atoms with van der Waals surface area (Å²) in [5, 5.41) is 11.9. The molecule has 0 saturated carbocycles. The zero-order chi connectivity index (χ0) is 22.1. The summed E-state index contributed by atoms with van der Waals surface area (Å²) in [4.78, 5) is 21.1. The van der Waals surface area contributed by atoms with Gasteiger partial charge < -0.3 is 16.0 Å². The first-order valence-electron chi connectivity index (χ1n) is 9.62. The molecular formula is C20H27F3IN5OS.